The van der Waals surface area contributed by atoms with Crippen LogP contribution in [0.1, 0.15) is 35.3 Å². The summed E-state index contributed by atoms with van der Waals surface area (Å²) in [6.07, 6.45) is 0. The third-order valence-corrected chi connectivity index (χ3v) is 2.84. The highest BCUT2D eigenvalue weighted by molar-refractivity contribution is 5.91. The molecule has 0 heterocycles. The van der Waals surface area contributed by atoms with Gasteiger partial charge < -0.3 is 9.84 Å². The molecule has 0 spiro atoms. The molecule has 1 rings (SSSR count). The topological polar surface area (TPSA) is 46.5 Å². The Morgan fingerprint density at radius 3 is 2.53 bits per heavy atom. The molecule has 0 radical (unpaired) electrons. The highest BCUT2D eigenvalue weighted by atomic mass is 19.1. The third-order valence-electron chi connectivity index (χ3n) is 2.84. The van der Waals surface area contributed by atoms with E-state index in [2.05, 4.69) is 4.74 Å². The molecular formula is C13H17FO3. The fourth-order valence-electron chi connectivity index (χ4n) is 1.61. The third kappa shape index (κ3) is 2.64. The normalized spacial score (nSPS) is 11.4. The molecule has 0 aliphatic carbocycles. The van der Waals surface area contributed by atoms with E-state index < -0.39 is 17.2 Å². The van der Waals surface area contributed by atoms with Crippen molar-refractivity contribution in [3.63, 3.8) is 0 Å². The smallest absolute Gasteiger partial charge is 0.338 e. The van der Waals surface area contributed by atoms with Crippen molar-refractivity contribution >= 4 is 5.97 Å². The number of hydrogen-bond acceptors (Lipinski definition) is 3. The van der Waals surface area contributed by atoms with Crippen LogP contribution < -0.4 is 0 Å². The zero-order chi connectivity index (χ0) is 13.2. The van der Waals surface area contributed by atoms with Gasteiger partial charge in [0.25, 0.3) is 0 Å². The average molecular weight is 240 g/mol. The number of aliphatic hydroxyl groups is 1. The lowest BCUT2D eigenvalue weighted by molar-refractivity contribution is 0.0599. The number of methoxy groups -OCH3 is 1. The number of ether oxygens (including phenoxy) is 1. The van der Waals surface area contributed by atoms with Crippen LogP contribution in [0, 0.1) is 12.7 Å². The summed E-state index contributed by atoms with van der Waals surface area (Å²) in [6, 6.07) is 2.74. The molecule has 4 heteroatoms. The maximum atomic E-state index is 13.8. The Morgan fingerprint density at radius 2 is 2.06 bits per heavy atom. The lowest BCUT2D eigenvalue weighted by Crippen LogP contribution is -2.24. The van der Waals surface area contributed by atoms with E-state index in [1.165, 1.54) is 19.2 Å². The first-order valence-corrected chi connectivity index (χ1v) is 5.33. The molecule has 0 bridgehead atoms. The second-order valence-electron chi connectivity index (χ2n) is 4.68. The van der Waals surface area contributed by atoms with Gasteiger partial charge in [-0.2, -0.15) is 0 Å². The molecule has 17 heavy (non-hydrogen) atoms. The minimum atomic E-state index is -0.736. The first-order chi connectivity index (χ1) is 7.83. The Hall–Kier alpha value is -1.42. The number of benzene rings is 1. The molecule has 0 atom stereocenters. The first-order valence-electron chi connectivity index (χ1n) is 5.33. The molecule has 0 aromatic heterocycles. The average Bonchev–Trinajstić information content (AvgIpc) is 2.27. The number of aliphatic hydroxyl groups excluding tert-OH is 1. The summed E-state index contributed by atoms with van der Waals surface area (Å²) in [5, 5.41) is 9.25. The zero-order valence-electron chi connectivity index (χ0n) is 10.5. The molecule has 1 N–H and O–H groups in total. The van der Waals surface area contributed by atoms with E-state index in [1.807, 2.05) is 0 Å². The van der Waals surface area contributed by atoms with E-state index in [1.54, 1.807) is 20.8 Å². The Bertz CT molecular complexity index is 439. The summed E-state index contributed by atoms with van der Waals surface area (Å²) in [5.74, 6) is -0.924. The van der Waals surface area contributed by atoms with Crippen molar-refractivity contribution < 1.29 is 19.0 Å². The summed E-state index contributed by atoms with van der Waals surface area (Å²) >= 11 is 0. The van der Waals surface area contributed by atoms with Gasteiger partial charge in [0, 0.05) is 5.41 Å². The van der Waals surface area contributed by atoms with Gasteiger partial charge in [0.05, 0.1) is 19.3 Å². The standard InChI is InChI=1S/C13H17FO3/c1-8-5-11(14)10(13(2,3)7-15)6-9(8)12(16)17-4/h5-6,15H,7H2,1-4H3. The van der Waals surface area contributed by atoms with E-state index in [9.17, 15) is 14.3 Å². The van der Waals surface area contributed by atoms with Gasteiger partial charge >= 0.3 is 5.97 Å². The maximum Gasteiger partial charge on any atom is 0.338 e. The van der Waals surface area contributed by atoms with E-state index in [0.29, 0.717) is 16.7 Å². The van der Waals surface area contributed by atoms with Crippen LogP contribution in [0.4, 0.5) is 4.39 Å². The van der Waals surface area contributed by atoms with Crippen LogP contribution in [0.5, 0.6) is 0 Å². The van der Waals surface area contributed by atoms with Gasteiger partial charge in [-0.3, -0.25) is 0 Å². The van der Waals surface area contributed by atoms with Gasteiger partial charge in [0.2, 0.25) is 0 Å². The van der Waals surface area contributed by atoms with Crippen LogP contribution in [0.2, 0.25) is 0 Å². The number of carbonyl (C=O) groups is 1. The van der Waals surface area contributed by atoms with Gasteiger partial charge in [-0.25, -0.2) is 9.18 Å². The summed E-state index contributed by atoms with van der Waals surface area (Å²) in [4.78, 5) is 11.5. The van der Waals surface area contributed by atoms with Gasteiger partial charge in [-0.1, -0.05) is 13.8 Å². The Kier molecular flexibility index (Phi) is 3.88. The SMILES string of the molecule is COC(=O)c1cc(C(C)(C)CO)c(F)cc1C. The minimum absolute atomic E-state index is 0.201. The number of aryl methyl sites for hydroxylation is 1. The molecule has 1 aromatic rings. The van der Waals surface area contributed by atoms with Gasteiger partial charge in [0.1, 0.15) is 5.82 Å². The molecule has 0 fully saturated rings. The maximum absolute atomic E-state index is 13.8. The molecule has 0 saturated heterocycles. The van der Waals surface area contributed by atoms with Gasteiger partial charge in [0.15, 0.2) is 0 Å². The second kappa shape index (κ2) is 4.84. The monoisotopic (exact) mass is 240 g/mol. The van der Waals surface area contributed by atoms with E-state index in [4.69, 9.17) is 0 Å². The molecule has 0 aliphatic heterocycles. The predicted molar refractivity (Wildman–Crippen MR) is 62.6 cm³/mol. The highest BCUT2D eigenvalue weighted by Crippen LogP contribution is 2.28. The Labute approximate surface area is 100 Å². The van der Waals surface area contributed by atoms with Gasteiger partial charge in [-0.05, 0) is 30.2 Å². The van der Waals surface area contributed by atoms with E-state index in [0.717, 1.165) is 0 Å². The molecule has 0 amide bonds. The molecule has 0 aliphatic rings. The van der Waals surface area contributed by atoms with Crippen LogP contribution in [-0.2, 0) is 10.2 Å². The fourth-order valence-corrected chi connectivity index (χ4v) is 1.61. The summed E-state index contributed by atoms with van der Waals surface area (Å²) in [5.41, 5.74) is 0.420. The van der Waals surface area contributed by atoms with Crippen molar-refractivity contribution in [1.29, 1.82) is 0 Å². The molecule has 3 nitrogen and oxygen atoms in total. The molecule has 0 unspecified atom stereocenters. The Morgan fingerprint density at radius 1 is 1.47 bits per heavy atom. The summed E-state index contributed by atoms with van der Waals surface area (Å²) in [7, 11) is 1.28. The van der Waals surface area contributed by atoms with Crippen molar-refractivity contribution in [1.82, 2.24) is 0 Å². The van der Waals surface area contributed by atoms with Crippen LogP contribution in [0.15, 0.2) is 12.1 Å². The minimum Gasteiger partial charge on any atom is -0.465 e. The van der Waals surface area contributed by atoms with Crippen LogP contribution in [-0.4, -0.2) is 24.8 Å². The van der Waals surface area contributed by atoms with Crippen LogP contribution in [0.25, 0.3) is 0 Å². The second-order valence-corrected chi connectivity index (χ2v) is 4.68. The molecule has 1 aromatic carbocycles. The Balaban J connectivity index is 3.39. The summed E-state index contributed by atoms with van der Waals surface area (Å²) < 4.78 is 18.5. The number of hydrogen-bond donors (Lipinski definition) is 1. The number of esters is 1. The molecule has 0 saturated carbocycles. The quantitative estimate of drug-likeness (QED) is 0.824. The fraction of sp³-hybridized carbons (Fsp3) is 0.462. The highest BCUT2D eigenvalue weighted by Gasteiger charge is 2.25. The van der Waals surface area contributed by atoms with Crippen LogP contribution >= 0.6 is 0 Å². The zero-order valence-corrected chi connectivity index (χ0v) is 10.5. The largest absolute Gasteiger partial charge is 0.465 e. The summed E-state index contributed by atoms with van der Waals surface area (Å²) in [6.45, 7) is 4.86. The van der Waals surface area contributed by atoms with Crippen LogP contribution in [0.3, 0.4) is 0 Å². The predicted octanol–water partition coefficient (Wildman–Crippen LogP) is 2.19. The number of halogens is 1. The first kappa shape index (κ1) is 13.6. The van der Waals surface area contributed by atoms with Crippen molar-refractivity contribution in [2.45, 2.75) is 26.2 Å². The van der Waals surface area contributed by atoms with Crippen molar-refractivity contribution in [2.75, 3.05) is 13.7 Å². The molecular weight excluding hydrogens is 223 g/mol. The van der Waals surface area contributed by atoms with Crippen molar-refractivity contribution in [3.8, 4) is 0 Å². The number of rotatable bonds is 3. The van der Waals surface area contributed by atoms with E-state index in [-0.39, 0.29) is 6.61 Å². The molecule has 94 valence electrons. The lowest BCUT2D eigenvalue weighted by Gasteiger charge is -2.24. The van der Waals surface area contributed by atoms with Gasteiger partial charge in [-0.15, -0.1) is 0 Å². The van der Waals surface area contributed by atoms with Crippen molar-refractivity contribution in [3.05, 3.63) is 34.6 Å². The number of carbonyl (C=O) groups excluding carboxylic acids is 1. The van der Waals surface area contributed by atoms with Crippen molar-refractivity contribution in [2.24, 2.45) is 0 Å². The van der Waals surface area contributed by atoms with E-state index >= 15 is 0 Å². The lowest BCUT2D eigenvalue weighted by atomic mass is 9.83.